The molecule has 2 amide bonds. The minimum atomic E-state index is -3.32. The van der Waals surface area contributed by atoms with Crippen molar-refractivity contribution >= 4 is 21.8 Å². The molecule has 1 fully saturated rings. The van der Waals surface area contributed by atoms with Gasteiger partial charge in [0.05, 0.1) is 5.75 Å². The van der Waals surface area contributed by atoms with Crippen LogP contribution in [0, 0.1) is 12.8 Å². The van der Waals surface area contributed by atoms with Gasteiger partial charge < -0.3 is 10.2 Å². The van der Waals surface area contributed by atoms with Gasteiger partial charge in [-0.05, 0) is 38.9 Å². The van der Waals surface area contributed by atoms with Crippen LogP contribution in [-0.4, -0.2) is 57.6 Å². The van der Waals surface area contributed by atoms with Gasteiger partial charge in [0.15, 0.2) is 0 Å². The zero-order valence-electron chi connectivity index (χ0n) is 14.6. The highest BCUT2D eigenvalue weighted by Gasteiger charge is 2.27. The van der Waals surface area contributed by atoms with Crippen LogP contribution in [0.1, 0.15) is 28.8 Å². The van der Waals surface area contributed by atoms with Crippen LogP contribution in [0.25, 0.3) is 0 Å². The molecular weight excluding hydrogens is 342 g/mol. The Morgan fingerprint density at radius 3 is 2.32 bits per heavy atom. The quantitative estimate of drug-likeness (QED) is 0.766. The Morgan fingerprint density at radius 1 is 1.16 bits per heavy atom. The van der Waals surface area contributed by atoms with Crippen LogP contribution < -0.4 is 10.0 Å². The van der Waals surface area contributed by atoms with E-state index in [1.807, 2.05) is 31.2 Å². The summed E-state index contributed by atoms with van der Waals surface area (Å²) in [6.45, 7) is 3.11. The van der Waals surface area contributed by atoms with Crippen molar-refractivity contribution in [1.82, 2.24) is 14.9 Å². The van der Waals surface area contributed by atoms with Gasteiger partial charge in [-0.25, -0.2) is 13.1 Å². The van der Waals surface area contributed by atoms with Crippen molar-refractivity contribution in [2.45, 2.75) is 19.8 Å². The highest BCUT2D eigenvalue weighted by Crippen LogP contribution is 2.19. The van der Waals surface area contributed by atoms with Crippen molar-refractivity contribution in [1.29, 1.82) is 0 Å². The molecule has 1 heterocycles. The lowest BCUT2D eigenvalue weighted by molar-refractivity contribution is -0.126. The first-order valence-corrected chi connectivity index (χ1v) is 10.0. The number of nitrogens with one attached hydrogen (secondary N) is 2. The summed E-state index contributed by atoms with van der Waals surface area (Å²) in [5.74, 6) is -0.480. The summed E-state index contributed by atoms with van der Waals surface area (Å²) in [5.41, 5.74) is 1.76. The molecule has 0 saturated carbocycles. The molecule has 1 saturated heterocycles. The van der Waals surface area contributed by atoms with Crippen LogP contribution in [0.4, 0.5) is 0 Å². The van der Waals surface area contributed by atoms with Crippen molar-refractivity contribution in [3.8, 4) is 0 Å². The Balaban J connectivity index is 1.79. The van der Waals surface area contributed by atoms with Crippen molar-refractivity contribution in [3.63, 3.8) is 0 Å². The van der Waals surface area contributed by atoms with Crippen LogP contribution in [0.3, 0.4) is 0 Å². The number of rotatable bonds is 6. The predicted molar refractivity (Wildman–Crippen MR) is 95.7 cm³/mol. The summed E-state index contributed by atoms with van der Waals surface area (Å²) in [4.78, 5) is 26.3. The maximum absolute atomic E-state index is 12.5. The van der Waals surface area contributed by atoms with Crippen LogP contribution in [0.15, 0.2) is 24.3 Å². The summed E-state index contributed by atoms with van der Waals surface area (Å²) in [6, 6.07) is 7.45. The molecule has 0 aliphatic carbocycles. The average molecular weight is 367 g/mol. The topological polar surface area (TPSA) is 95.6 Å². The Morgan fingerprint density at radius 2 is 1.76 bits per heavy atom. The Hall–Kier alpha value is -1.93. The molecule has 1 aliphatic heterocycles. The van der Waals surface area contributed by atoms with Gasteiger partial charge in [-0.2, -0.15) is 0 Å². The van der Waals surface area contributed by atoms with Crippen LogP contribution in [-0.2, 0) is 14.8 Å². The molecule has 0 unspecified atom stereocenters. The van der Waals surface area contributed by atoms with Gasteiger partial charge in [-0.15, -0.1) is 0 Å². The maximum Gasteiger partial charge on any atom is 0.253 e. The van der Waals surface area contributed by atoms with Gasteiger partial charge in [0.2, 0.25) is 15.9 Å². The lowest BCUT2D eigenvalue weighted by Gasteiger charge is -2.31. The molecule has 0 radical (unpaired) electrons. The number of aryl methyl sites for hydroxylation is 1. The second-order valence-corrected chi connectivity index (χ2v) is 8.29. The zero-order chi connectivity index (χ0) is 18.4. The molecule has 2 N–H and O–H groups in total. The Kier molecular flexibility index (Phi) is 6.55. The van der Waals surface area contributed by atoms with Crippen molar-refractivity contribution in [3.05, 3.63) is 35.4 Å². The number of carbonyl (C=O) groups is 2. The fourth-order valence-electron chi connectivity index (χ4n) is 2.78. The third kappa shape index (κ3) is 5.54. The largest absolute Gasteiger partial charge is 0.355 e. The summed E-state index contributed by atoms with van der Waals surface area (Å²) in [6.07, 6.45) is 1.17. The van der Waals surface area contributed by atoms with E-state index in [0.717, 1.165) is 5.56 Å². The molecule has 1 aromatic carbocycles. The third-order valence-corrected chi connectivity index (χ3v) is 5.80. The molecule has 8 heteroatoms. The van der Waals surface area contributed by atoms with Gasteiger partial charge in [0, 0.05) is 31.1 Å². The number of nitrogens with zero attached hydrogens (tertiary/aromatic N) is 1. The number of piperidine rings is 1. The molecule has 0 aromatic heterocycles. The Bertz CT molecular complexity index is 708. The van der Waals surface area contributed by atoms with Gasteiger partial charge in [0.1, 0.15) is 0 Å². The normalized spacial score (nSPS) is 15.8. The first-order valence-electron chi connectivity index (χ1n) is 8.37. The minimum absolute atomic E-state index is 0.0148. The summed E-state index contributed by atoms with van der Waals surface area (Å²) >= 11 is 0. The minimum Gasteiger partial charge on any atom is -0.355 e. The van der Waals surface area contributed by atoms with Gasteiger partial charge >= 0.3 is 0 Å². The van der Waals surface area contributed by atoms with Gasteiger partial charge in [-0.1, -0.05) is 17.7 Å². The molecule has 2 rings (SSSR count). The molecule has 1 aliphatic rings. The predicted octanol–water partition coefficient (Wildman–Crippen LogP) is 0.513. The number of sulfonamides is 1. The van der Waals surface area contributed by atoms with E-state index in [4.69, 9.17) is 0 Å². The number of carbonyl (C=O) groups excluding carboxylic acids is 2. The highest BCUT2D eigenvalue weighted by molar-refractivity contribution is 7.89. The van der Waals surface area contributed by atoms with E-state index in [1.165, 1.54) is 7.05 Å². The van der Waals surface area contributed by atoms with E-state index in [1.54, 1.807) is 4.90 Å². The Labute approximate surface area is 148 Å². The monoisotopic (exact) mass is 367 g/mol. The molecule has 25 heavy (non-hydrogen) atoms. The number of likely N-dealkylation sites (tertiary alicyclic amines) is 1. The smallest absolute Gasteiger partial charge is 0.253 e. The van der Waals surface area contributed by atoms with Crippen LogP contribution >= 0.6 is 0 Å². The molecule has 0 spiro atoms. The van der Waals surface area contributed by atoms with Crippen LogP contribution in [0.2, 0.25) is 0 Å². The van der Waals surface area contributed by atoms with E-state index >= 15 is 0 Å². The van der Waals surface area contributed by atoms with E-state index in [9.17, 15) is 18.0 Å². The van der Waals surface area contributed by atoms with Gasteiger partial charge in [-0.3, -0.25) is 9.59 Å². The lowest BCUT2D eigenvalue weighted by Crippen LogP contribution is -2.44. The molecule has 138 valence electrons. The van der Waals surface area contributed by atoms with E-state index in [2.05, 4.69) is 10.0 Å². The standard InChI is InChI=1S/C17H25N3O4S/c1-13-3-5-15(6-4-13)17(22)20-10-7-14(8-11-20)16(21)19-9-12-25(23,24)18-2/h3-6,14,18H,7-12H2,1-2H3,(H,19,21). The van der Waals surface area contributed by atoms with E-state index < -0.39 is 10.0 Å². The molecule has 7 nitrogen and oxygen atoms in total. The van der Waals surface area contributed by atoms with E-state index in [-0.39, 0.29) is 30.0 Å². The summed E-state index contributed by atoms with van der Waals surface area (Å²) in [5, 5.41) is 2.66. The first kappa shape index (κ1) is 19.4. The second kappa shape index (κ2) is 8.44. The third-order valence-electron chi connectivity index (χ3n) is 4.43. The zero-order valence-corrected chi connectivity index (χ0v) is 15.4. The first-order chi connectivity index (χ1) is 11.8. The van der Waals surface area contributed by atoms with Gasteiger partial charge in [0.25, 0.3) is 5.91 Å². The molecular formula is C17H25N3O4S. The maximum atomic E-state index is 12.5. The highest BCUT2D eigenvalue weighted by atomic mass is 32.2. The van der Waals surface area contributed by atoms with Crippen LogP contribution in [0.5, 0.6) is 0 Å². The van der Waals surface area contributed by atoms with Crippen molar-refractivity contribution < 1.29 is 18.0 Å². The van der Waals surface area contributed by atoms with E-state index in [0.29, 0.717) is 31.5 Å². The number of amides is 2. The average Bonchev–Trinajstić information content (AvgIpc) is 2.61. The molecule has 1 aromatic rings. The number of benzene rings is 1. The molecule has 0 bridgehead atoms. The van der Waals surface area contributed by atoms with Crippen molar-refractivity contribution in [2.75, 3.05) is 32.4 Å². The molecule has 0 atom stereocenters. The number of hydrogen-bond donors (Lipinski definition) is 2. The lowest BCUT2D eigenvalue weighted by atomic mass is 9.95. The fraction of sp³-hybridized carbons (Fsp3) is 0.529. The second-order valence-electron chi connectivity index (χ2n) is 6.25. The summed E-state index contributed by atoms with van der Waals surface area (Å²) in [7, 11) is -1.97. The summed E-state index contributed by atoms with van der Waals surface area (Å²) < 4.78 is 24.9. The fourth-order valence-corrected chi connectivity index (χ4v) is 3.35. The SMILES string of the molecule is CNS(=O)(=O)CCNC(=O)C1CCN(C(=O)c2ccc(C)cc2)CC1. The van der Waals surface area contributed by atoms with Crippen molar-refractivity contribution in [2.24, 2.45) is 5.92 Å². The number of hydrogen-bond acceptors (Lipinski definition) is 4.